The summed E-state index contributed by atoms with van der Waals surface area (Å²) < 4.78 is 7.56. The molecule has 2 aromatic rings. The lowest BCUT2D eigenvalue weighted by molar-refractivity contribution is -0.135. The normalized spacial score (nSPS) is 26.6. The molecule has 0 saturated heterocycles. The molecule has 1 N–H and O–H groups in total. The molecule has 6 heteroatoms. The Balaban J connectivity index is 1.51. The van der Waals surface area contributed by atoms with Gasteiger partial charge in [0.15, 0.2) is 5.58 Å². The van der Waals surface area contributed by atoms with E-state index in [-0.39, 0.29) is 23.9 Å². The molecule has 0 unspecified atom stereocenters. The summed E-state index contributed by atoms with van der Waals surface area (Å²) in [6.07, 6.45) is 14.0. The van der Waals surface area contributed by atoms with Crippen molar-refractivity contribution in [3.63, 3.8) is 0 Å². The van der Waals surface area contributed by atoms with Gasteiger partial charge in [0.1, 0.15) is 11.2 Å². The fourth-order valence-corrected chi connectivity index (χ4v) is 5.91. The number of hydrogen-bond donors (Lipinski definition) is 1. The number of aromatic nitrogens is 1. The van der Waals surface area contributed by atoms with Crippen LogP contribution in [0.3, 0.4) is 0 Å². The van der Waals surface area contributed by atoms with E-state index in [9.17, 15) is 9.59 Å². The first kappa shape index (κ1) is 19.7. The minimum Gasteiger partial charge on any atom is -0.463 e. The second-order valence-electron chi connectivity index (χ2n) is 9.69. The molecular weight excluding hydrogens is 378 g/mol. The number of hydrogen-bond acceptors (Lipinski definition) is 3. The van der Waals surface area contributed by atoms with Gasteiger partial charge in [-0.05, 0) is 32.6 Å². The Kier molecular flexibility index (Phi) is 5.11. The van der Waals surface area contributed by atoms with Crippen molar-refractivity contribution in [2.75, 3.05) is 0 Å². The summed E-state index contributed by atoms with van der Waals surface area (Å²) in [5.41, 5.74) is 1.38. The Hall–Kier alpha value is -2.24. The van der Waals surface area contributed by atoms with Crippen molar-refractivity contribution >= 4 is 22.9 Å². The van der Waals surface area contributed by atoms with Crippen molar-refractivity contribution in [3.05, 3.63) is 24.1 Å². The summed E-state index contributed by atoms with van der Waals surface area (Å²) in [5.74, 6) is -0.0256. The molecule has 0 aromatic carbocycles. The standard InChI is InChI=1S/C24H33N3O3/c1-24(23(29)25-17-9-5-2-3-6-10-17)16-26-19-13-14-30-21(19)15-20(26)22(28)27(24)18-11-7-4-8-12-18/h13-15,17-18H,2-12,16H2,1H3,(H,25,29)/t24-/m0/s1. The molecule has 1 aliphatic heterocycles. The molecule has 2 amide bonds. The van der Waals surface area contributed by atoms with Crippen LogP contribution in [0.5, 0.6) is 0 Å². The van der Waals surface area contributed by atoms with Gasteiger partial charge >= 0.3 is 0 Å². The van der Waals surface area contributed by atoms with E-state index in [1.54, 1.807) is 6.26 Å². The second-order valence-corrected chi connectivity index (χ2v) is 9.69. The first-order valence-corrected chi connectivity index (χ1v) is 11.8. The van der Waals surface area contributed by atoms with Gasteiger partial charge in [0.25, 0.3) is 5.91 Å². The summed E-state index contributed by atoms with van der Waals surface area (Å²) >= 11 is 0. The van der Waals surface area contributed by atoms with Crippen LogP contribution < -0.4 is 5.32 Å². The van der Waals surface area contributed by atoms with Crippen LogP contribution in [0.25, 0.3) is 11.1 Å². The topological polar surface area (TPSA) is 67.5 Å². The third-order valence-corrected chi connectivity index (χ3v) is 7.58. The molecule has 3 heterocycles. The second kappa shape index (κ2) is 7.78. The van der Waals surface area contributed by atoms with Crippen LogP contribution in [0.4, 0.5) is 0 Å². The fraction of sp³-hybridized carbons (Fsp3) is 0.667. The minimum absolute atomic E-state index is 0.00400. The first-order valence-electron chi connectivity index (χ1n) is 11.8. The Labute approximate surface area is 178 Å². The first-order chi connectivity index (χ1) is 14.6. The highest BCUT2D eigenvalue weighted by Crippen LogP contribution is 2.37. The van der Waals surface area contributed by atoms with Crippen LogP contribution in [-0.4, -0.2) is 38.9 Å². The lowest BCUT2D eigenvalue weighted by Gasteiger charge is -2.49. The van der Waals surface area contributed by atoms with Crippen molar-refractivity contribution in [1.29, 1.82) is 0 Å². The minimum atomic E-state index is -0.887. The predicted octanol–water partition coefficient (Wildman–Crippen LogP) is 4.62. The van der Waals surface area contributed by atoms with E-state index < -0.39 is 5.54 Å². The van der Waals surface area contributed by atoms with Gasteiger partial charge in [-0.2, -0.15) is 0 Å². The van der Waals surface area contributed by atoms with Crippen molar-refractivity contribution in [2.24, 2.45) is 0 Å². The predicted molar refractivity (Wildman–Crippen MR) is 115 cm³/mol. The van der Waals surface area contributed by atoms with E-state index in [0.29, 0.717) is 12.2 Å². The van der Waals surface area contributed by atoms with Gasteiger partial charge in [-0.3, -0.25) is 9.59 Å². The average molecular weight is 412 g/mol. The molecule has 0 spiro atoms. The van der Waals surface area contributed by atoms with Crippen LogP contribution in [-0.2, 0) is 11.3 Å². The highest BCUT2D eigenvalue weighted by molar-refractivity contribution is 6.03. The summed E-state index contributed by atoms with van der Waals surface area (Å²) in [4.78, 5) is 29.4. The molecule has 2 aromatic heterocycles. The summed E-state index contributed by atoms with van der Waals surface area (Å²) in [7, 11) is 0. The lowest BCUT2D eigenvalue weighted by atomic mass is 9.86. The van der Waals surface area contributed by atoms with E-state index >= 15 is 0 Å². The van der Waals surface area contributed by atoms with Crippen LogP contribution in [0.2, 0.25) is 0 Å². The van der Waals surface area contributed by atoms with E-state index in [0.717, 1.165) is 49.6 Å². The summed E-state index contributed by atoms with van der Waals surface area (Å²) in [6, 6.07) is 4.09. The van der Waals surface area contributed by atoms with E-state index in [2.05, 4.69) is 5.32 Å². The molecule has 5 rings (SSSR count). The Morgan fingerprint density at radius 2 is 1.73 bits per heavy atom. The summed E-state index contributed by atoms with van der Waals surface area (Å²) in [5, 5.41) is 3.35. The maximum Gasteiger partial charge on any atom is 0.271 e. The lowest BCUT2D eigenvalue weighted by Crippen LogP contribution is -2.67. The van der Waals surface area contributed by atoms with Gasteiger partial charge < -0.3 is 19.2 Å². The highest BCUT2D eigenvalue weighted by atomic mass is 16.3. The number of furan rings is 1. The smallest absolute Gasteiger partial charge is 0.271 e. The van der Waals surface area contributed by atoms with Gasteiger partial charge in [0.2, 0.25) is 5.91 Å². The van der Waals surface area contributed by atoms with Gasteiger partial charge in [0, 0.05) is 24.2 Å². The molecule has 2 saturated carbocycles. The van der Waals surface area contributed by atoms with Crippen LogP contribution in [0.1, 0.15) is 88.0 Å². The van der Waals surface area contributed by atoms with E-state index in [4.69, 9.17) is 4.42 Å². The molecule has 3 aliphatic rings. The SMILES string of the molecule is C[C@@]1(C(=O)NC2CCCCCC2)Cn2c(cc3occc32)C(=O)N1C1CCCCC1. The maximum absolute atomic E-state index is 13.8. The molecular formula is C24H33N3O3. The third kappa shape index (κ3) is 3.25. The van der Waals surface area contributed by atoms with E-state index in [1.807, 2.05) is 28.5 Å². The zero-order chi connectivity index (χ0) is 20.7. The Morgan fingerprint density at radius 3 is 2.47 bits per heavy atom. The maximum atomic E-state index is 13.8. The van der Waals surface area contributed by atoms with E-state index in [1.165, 1.54) is 32.1 Å². The number of amides is 2. The van der Waals surface area contributed by atoms with Crippen LogP contribution in [0, 0.1) is 0 Å². The third-order valence-electron chi connectivity index (χ3n) is 7.58. The molecule has 0 radical (unpaired) electrons. The van der Waals surface area contributed by atoms with Crippen LogP contribution in [0.15, 0.2) is 22.8 Å². The number of fused-ring (bicyclic) bond motifs is 3. The molecule has 162 valence electrons. The van der Waals surface area contributed by atoms with Crippen molar-refractivity contribution in [3.8, 4) is 0 Å². The van der Waals surface area contributed by atoms with Crippen LogP contribution >= 0.6 is 0 Å². The molecule has 1 atom stereocenters. The largest absolute Gasteiger partial charge is 0.463 e. The number of rotatable bonds is 3. The van der Waals surface area contributed by atoms with Gasteiger partial charge in [0.05, 0.1) is 18.3 Å². The van der Waals surface area contributed by atoms with Crippen molar-refractivity contribution < 1.29 is 14.0 Å². The molecule has 6 nitrogen and oxygen atoms in total. The number of carbonyl (C=O) groups is 2. The fourth-order valence-electron chi connectivity index (χ4n) is 5.91. The highest BCUT2D eigenvalue weighted by Gasteiger charge is 2.51. The Bertz CT molecular complexity index is 931. The Morgan fingerprint density at radius 1 is 1.07 bits per heavy atom. The molecule has 0 bridgehead atoms. The molecule has 2 fully saturated rings. The number of nitrogens with zero attached hydrogens (tertiary/aromatic N) is 2. The summed E-state index contributed by atoms with van der Waals surface area (Å²) in [6.45, 7) is 2.45. The zero-order valence-corrected chi connectivity index (χ0v) is 18.0. The van der Waals surface area contributed by atoms with Gasteiger partial charge in [-0.25, -0.2) is 0 Å². The number of nitrogens with one attached hydrogen (secondary N) is 1. The van der Waals surface area contributed by atoms with Gasteiger partial charge in [-0.15, -0.1) is 0 Å². The molecule has 2 aliphatic carbocycles. The van der Waals surface area contributed by atoms with Crippen molar-refractivity contribution in [1.82, 2.24) is 14.8 Å². The average Bonchev–Trinajstić information content (AvgIpc) is 3.24. The zero-order valence-electron chi connectivity index (χ0n) is 18.0. The monoisotopic (exact) mass is 411 g/mol. The van der Waals surface area contributed by atoms with Gasteiger partial charge in [-0.1, -0.05) is 44.9 Å². The molecule has 30 heavy (non-hydrogen) atoms. The number of carbonyl (C=O) groups excluding carboxylic acids is 2. The quantitative estimate of drug-likeness (QED) is 0.750. The van der Waals surface area contributed by atoms with Crippen molar-refractivity contribution in [2.45, 2.75) is 102 Å².